The maximum Gasteiger partial charge on any atom is 0.249 e. The summed E-state index contributed by atoms with van der Waals surface area (Å²) in [5.74, 6) is -0.765. The van der Waals surface area contributed by atoms with Gasteiger partial charge in [0.2, 0.25) is 10.0 Å². The molecule has 32 heavy (non-hydrogen) atoms. The number of rotatable bonds is 6. The van der Waals surface area contributed by atoms with Gasteiger partial charge >= 0.3 is 0 Å². The van der Waals surface area contributed by atoms with E-state index in [1.807, 2.05) is 42.2 Å². The Morgan fingerprint density at radius 1 is 0.969 bits per heavy atom. The Kier molecular flexibility index (Phi) is 6.33. The van der Waals surface area contributed by atoms with Crippen molar-refractivity contribution < 1.29 is 21.9 Å². The van der Waals surface area contributed by atoms with Crippen molar-refractivity contribution in [1.29, 1.82) is 0 Å². The van der Waals surface area contributed by atoms with Gasteiger partial charge in [0.05, 0.1) is 12.3 Å². The molecule has 168 valence electrons. The van der Waals surface area contributed by atoms with Crippen LogP contribution in [0.15, 0.2) is 59.8 Å². The van der Waals surface area contributed by atoms with Crippen LogP contribution in [0.3, 0.4) is 0 Å². The molecule has 0 aliphatic carbocycles. The maximum atomic E-state index is 14.0. The molecule has 0 saturated carbocycles. The highest BCUT2D eigenvalue weighted by Crippen LogP contribution is 2.26. The van der Waals surface area contributed by atoms with Gasteiger partial charge in [0.15, 0.2) is 4.90 Å². The van der Waals surface area contributed by atoms with Crippen molar-refractivity contribution in [3.05, 3.63) is 66.5 Å². The molecule has 10 heteroatoms. The van der Waals surface area contributed by atoms with E-state index in [2.05, 4.69) is 9.97 Å². The van der Waals surface area contributed by atoms with Crippen LogP contribution in [0.5, 0.6) is 5.75 Å². The molecule has 2 aromatic carbocycles. The fourth-order valence-electron chi connectivity index (χ4n) is 3.58. The molecule has 0 bridgehead atoms. The quantitative estimate of drug-likeness (QED) is 0.562. The number of sulfonamides is 1. The van der Waals surface area contributed by atoms with Crippen LogP contribution < -0.4 is 9.64 Å². The Morgan fingerprint density at radius 3 is 2.25 bits per heavy atom. The van der Waals surface area contributed by atoms with E-state index in [0.29, 0.717) is 25.5 Å². The third-order valence-corrected chi connectivity index (χ3v) is 7.14. The van der Waals surface area contributed by atoms with Crippen molar-refractivity contribution in [2.24, 2.45) is 0 Å². The highest BCUT2D eigenvalue weighted by atomic mass is 32.2. The van der Waals surface area contributed by atoms with Crippen molar-refractivity contribution in [3.63, 3.8) is 0 Å². The molecular weight excluding hydrogens is 438 g/mol. The molecule has 1 aliphatic rings. The first-order chi connectivity index (χ1) is 15.4. The zero-order valence-corrected chi connectivity index (χ0v) is 18.2. The van der Waals surface area contributed by atoms with Crippen LogP contribution in [0.4, 0.5) is 14.6 Å². The summed E-state index contributed by atoms with van der Waals surface area (Å²) in [6.07, 6.45) is 1.46. The van der Waals surface area contributed by atoms with Crippen molar-refractivity contribution in [2.45, 2.75) is 11.8 Å². The highest BCUT2D eigenvalue weighted by molar-refractivity contribution is 7.89. The minimum atomic E-state index is -4.28. The molecule has 0 N–H and O–H groups in total. The number of ether oxygens (including phenoxy) is 1. The lowest BCUT2D eigenvalue weighted by Gasteiger charge is -2.34. The van der Waals surface area contributed by atoms with E-state index in [0.717, 1.165) is 39.5 Å². The van der Waals surface area contributed by atoms with Crippen molar-refractivity contribution in [1.82, 2.24) is 14.3 Å². The molecule has 1 fully saturated rings. The minimum Gasteiger partial charge on any atom is -0.494 e. The number of aromatic nitrogens is 2. The van der Waals surface area contributed by atoms with Gasteiger partial charge in [-0.3, -0.25) is 0 Å². The highest BCUT2D eigenvalue weighted by Gasteiger charge is 2.33. The Bertz CT molecular complexity index is 1180. The Balaban J connectivity index is 1.48. The van der Waals surface area contributed by atoms with Gasteiger partial charge in [-0.2, -0.15) is 4.31 Å². The zero-order chi connectivity index (χ0) is 22.7. The number of hydrogen-bond donors (Lipinski definition) is 0. The van der Waals surface area contributed by atoms with Crippen LogP contribution >= 0.6 is 0 Å². The lowest BCUT2D eigenvalue weighted by molar-refractivity contribution is 0.340. The molecule has 0 radical (unpaired) electrons. The third kappa shape index (κ3) is 4.42. The van der Waals surface area contributed by atoms with Gasteiger partial charge in [0.25, 0.3) is 0 Å². The number of anilines is 1. The number of nitrogens with zero attached hydrogens (tertiary/aromatic N) is 4. The van der Waals surface area contributed by atoms with Crippen molar-refractivity contribution in [2.75, 3.05) is 37.7 Å². The molecule has 2 heterocycles. The predicted molar refractivity (Wildman–Crippen MR) is 116 cm³/mol. The largest absolute Gasteiger partial charge is 0.494 e. The molecule has 3 aromatic rings. The fourth-order valence-corrected chi connectivity index (χ4v) is 5.11. The first kappa shape index (κ1) is 22.1. The van der Waals surface area contributed by atoms with Crippen LogP contribution in [-0.2, 0) is 10.0 Å². The molecule has 0 unspecified atom stereocenters. The number of piperazine rings is 1. The maximum absolute atomic E-state index is 14.0. The van der Waals surface area contributed by atoms with Crippen LogP contribution in [0.25, 0.3) is 11.3 Å². The van der Waals surface area contributed by atoms with Crippen LogP contribution in [-0.4, -0.2) is 55.5 Å². The number of hydrogen-bond acceptors (Lipinski definition) is 6. The summed E-state index contributed by atoms with van der Waals surface area (Å²) < 4.78 is 60.2. The summed E-state index contributed by atoms with van der Waals surface area (Å²) in [6, 6.07) is 12.4. The molecule has 0 spiro atoms. The normalized spacial score (nSPS) is 15.0. The lowest BCUT2D eigenvalue weighted by atomic mass is 10.1. The topological polar surface area (TPSA) is 75.6 Å². The average Bonchev–Trinajstić information content (AvgIpc) is 2.80. The number of benzene rings is 2. The van der Waals surface area contributed by atoms with Crippen LogP contribution in [0.1, 0.15) is 6.92 Å². The van der Waals surface area contributed by atoms with E-state index in [-0.39, 0.29) is 13.1 Å². The smallest absolute Gasteiger partial charge is 0.249 e. The summed E-state index contributed by atoms with van der Waals surface area (Å²) in [5.41, 5.74) is 1.62. The monoisotopic (exact) mass is 460 g/mol. The summed E-state index contributed by atoms with van der Waals surface area (Å²) in [7, 11) is -4.28. The van der Waals surface area contributed by atoms with Gasteiger partial charge in [-0.25, -0.2) is 27.2 Å². The molecule has 0 atom stereocenters. The van der Waals surface area contributed by atoms with E-state index in [1.165, 1.54) is 6.33 Å². The van der Waals surface area contributed by atoms with Crippen LogP contribution in [0, 0.1) is 11.6 Å². The summed E-state index contributed by atoms with van der Waals surface area (Å²) in [4.78, 5) is 9.65. The molecule has 0 amide bonds. The van der Waals surface area contributed by atoms with Crippen LogP contribution in [0.2, 0.25) is 0 Å². The molecular formula is C22H22F2N4O3S. The third-order valence-electron chi connectivity index (χ3n) is 5.19. The van der Waals surface area contributed by atoms with E-state index in [9.17, 15) is 17.2 Å². The van der Waals surface area contributed by atoms with E-state index in [4.69, 9.17) is 4.74 Å². The average molecular weight is 461 g/mol. The Hall–Kier alpha value is -3.11. The van der Waals surface area contributed by atoms with Crippen molar-refractivity contribution in [3.8, 4) is 17.0 Å². The standard InChI is InChI=1S/C22H22F2N4O3S/c1-2-31-17-8-6-16(7-9-17)20-14-21(26-15-25-20)27-10-12-28(13-11-27)32(29,30)22-18(23)4-3-5-19(22)24/h3-9,14-15H,2,10-13H2,1H3. The van der Waals surface area contributed by atoms with Gasteiger partial charge in [0.1, 0.15) is 29.5 Å². The molecule has 1 aliphatic heterocycles. The molecule has 4 rings (SSSR count). The van der Waals surface area contributed by atoms with Crippen molar-refractivity contribution >= 4 is 15.8 Å². The second-order valence-electron chi connectivity index (χ2n) is 7.16. The second kappa shape index (κ2) is 9.17. The SMILES string of the molecule is CCOc1ccc(-c2cc(N3CCN(S(=O)(=O)c4c(F)cccc4F)CC3)ncn2)cc1. The van der Waals surface area contributed by atoms with Gasteiger partial charge in [-0.1, -0.05) is 6.07 Å². The summed E-state index contributed by atoms with van der Waals surface area (Å²) in [6.45, 7) is 3.33. The van der Waals surface area contributed by atoms with Gasteiger partial charge in [0, 0.05) is 37.8 Å². The summed E-state index contributed by atoms with van der Waals surface area (Å²) in [5, 5.41) is 0. The Labute approximate surface area is 185 Å². The predicted octanol–water partition coefficient (Wildman–Crippen LogP) is 3.33. The first-order valence-electron chi connectivity index (χ1n) is 10.1. The summed E-state index contributed by atoms with van der Waals surface area (Å²) >= 11 is 0. The molecule has 1 aromatic heterocycles. The fraction of sp³-hybridized carbons (Fsp3) is 0.273. The second-order valence-corrected chi connectivity index (χ2v) is 9.04. The van der Waals surface area contributed by atoms with E-state index >= 15 is 0 Å². The molecule has 7 nitrogen and oxygen atoms in total. The first-order valence-corrected chi connectivity index (χ1v) is 11.6. The zero-order valence-electron chi connectivity index (χ0n) is 17.4. The minimum absolute atomic E-state index is 0.0818. The van der Waals surface area contributed by atoms with Gasteiger partial charge < -0.3 is 9.64 Å². The van der Waals surface area contributed by atoms with E-state index < -0.39 is 26.6 Å². The molecule has 1 saturated heterocycles. The van der Waals surface area contributed by atoms with Gasteiger partial charge in [-0.05, 0) is 43.3 Å². The number of halogens is 2. The van der Waals surface area contributed by atoms with Gasteiger partial charge in [-0.15, -0.1) is 0 Å². The Morgan fingerprint density at radius 2 is 1.62 bits per heavy atom. The lowest BCUT2D eigenvalue weighted by Crippen LogP contribution is -2.49. The van der Waals surface area contributed by atoms with E-state index in [1.54, 1.807) is 0 Å².